The number of hydrogen-bond acceptors (Lipinski definition) is 10. The number of carbonyl (C=O) groups is 1. The summed E-state index contributed by atoms with van der Waals surface area (Å²) in [5.74, 6) is 0.139. The van der Waals surface area contributed by atoms with Gasteiger partial charge < -0.3 is 36.5 Å². The van der Waals surface area contributed by atoms with E-state index in [0.717, 1.165) is 16.7 Å². The summed E-state index contributed by atoms with van der Waals surface area (Å²) in [6.45, 7) is 3.43. The molecule has 0 radical (unpaired) electrons. The molecule has 232 valence electrons. The average Bonchev–Trinajstić information content (AvgIpc) is 3.03. The Labute approximate surface area is 254 Å². The zero-order valence-corrected chi connectivity index (χ0v) is 24.2. The molecular weight excluding hydrogens is 570 g/mol. The number of benzene rings is 3. The van der Waals surface area contributed by atoms with Gasteiger partial charge in [-0.15, -0.1) is 0 Å². The zero-order chi connectivity index (χ0) is 31.0. The Morgan fingerprint density at radius 2 is 1.16 bits per heavy atom. The molecule has 3 aromatic carbocycles. The molecule has 0 atom stereocenters. The number of nitrogens with one attached hydrogen (secondary N) is 4. The lowest BCUT2D eigenvalue weighted by molar-refractivity contribution is -0.120. The molecule has 0 aliphatic carbocycles. The van der Waals surface area contributed by atoms with Crippen molar-refractivity contribution in [1.29, 1.82) is 0 Å². The van der Waals surface area contributed by atoms with Crippen molar-refractivity contribution in [2.45, 2.75) is 19.5 Å². The minimum absolute atomic E-state index is 0.111. The van der Waals surface area contributed by atoms with Crippen LogP contribution in [0.25, 0.3) is 0 Å². The van der Waals surface area contributed by atoms with Gasteiger partial charge in [-0.2, -0.15) is 15.0 Å². The van der Waals surface area contributed by atoms with Gasteiger partial charge in [-0.1, -0.05) is 36.4 Å². The van der Waals surface area contributed by atoms with Crippen molar-refractivity contribution in [2.24, 2.45) is 5.73 Å². The molecule has 0 fully saturated rings. The van der Waals surface area contributed by atoms with E-state index < -0.39 is 0 Å². The Morgan fingerprint density at radius 1 is 0.659 bits per heavy atom. The van der Waals surface area contributed by atoms with Crippen molar-refractivity contribution >= 4 is 29.4 Å². The van der Waals surface area contributed by atoms with Crippen LogP contribution < -0.4 is 27.0 Å². The summed E-state index contributed by atoms with van der Waals surface area (Å²) in [4.78, 5) is 25.7. The molecule has 4 aromatic rings. The number of carbonyl (C=O) groups excluding carboxylic acids is 1. The third kappa shape index (κ3) is 11.5. The minimum Gasteiger partial charge on any atom is -0.378 e. The van der Waals surface area contributed by atoms with E-state index in [-0.39, 0.29) is 29.9 Å². The van der Waals surface area contributed by atoms with Gasteiger partial charge in [-0.25, -0.2) is 8.78 Å². The lowest BCUT2D eigenvalue weighted by Gasteiger charge is -2.12. The molecule has 0 unspecified atom stereocenters. The Kier molecular flexibility index (Phi) is 12.7. The van der Waals surface area contributed by atoms with Gasteiger partial charge in [0.05, 0.1) is 32.8 Å². The van der Waals surface area contributed by atoms with Gasteiger partial charge in [0.25, 0.3) is 0 Å². The standard InChI is InChI=1S/C31H36F2N8O3/c32-25-7-1-23(2-8-25)20-36-29-39-30(37-21-24-3-9-26(33)10-4-24)41-31(40-29)38-27-11-5-22(6-12-27)19-28(42)35-14-16-44-18-17-43-15-13-34/h1-12H,13-21,34H2,(H,35,42)(H3,36,37,38,39,40,41). The SMILES string of the molecule is NCCOCCOCCNC(=O)Cc1ccc(Nc2nc(NCc3ccc(F)cc3)nc(NCc3ccc(F)cc3)n2)cc1. The highest BCUT2D eigenvalue weighted by Gasteiger charge is 2.09. The van der Waals surface area contributed by atoms with E-state index >= 15 is 0 Å². The maximum absolute atomic E-state index is 13.3. The molecule has 44 heavy (non-hydrogen) atoms. The summed E-state index contributed by atoms with van der Waals surface area (Å²) in [5, 5.41) is 12.3. The number of aromatic nitrogens is 3. The largest absolute Gasteiger partial charge is 0.378 e. The molecule has 6 N–H and O–H groups in total. The van der Waals surface area contributed by atoms with E-state index in [1.165, 1.54) is 24.3 Å². The fraction of sp³-hybridized carbons (Fsp3) is 0.290. The summed E-state index contributed by atoms with van der Waals surface area (Å²) in [5.41, 5.74) is 8.60. The zero-order valence-electron chi connectivity index (χ0n) is 24.2. The first-order chi connectivity index (χ1) is 21.5. The number of halogens is 2. The predicted octanol–water partition coefficient (Wildman–Crippen LogP) is 3.77. The number of ether oxygens (including phenoxy) is 2. The van der Waals surface area contributed by atoms with Gasteiger partial charge in [0, 0.05) is 31.9 Å². The van der Waals surface area contributed by atoms with Gasteiger partial charge in [-0.05, 0) is 53.1 Å². The van der Waals surface area contributed by atoms with Crippen molar-refractivity contribution in [3.05, 3.63) is 101 Å². The maximum Gasteiger partial charge on any atom is 0.233 e. The molecule has 0 saturated heterocycles. The first-order valence-electron chi connectivity index (χ1n) is 14.2. The molecule has 13 heteroatoms. The quantitative estimate of drug-likeness (QED) is 0.106. The number of nitrogens with zero attached hydrogens (tertiary/aromatic N) is 3. The van der Waals surface area contributed by atoms with Gasteiger partial charge in [0.1, 0.15) is 11.6 Å². The molecule has 11 nitrogen and oxygen atoms in total. The van der Waals surface area contributed by atoms with Crippen molar-refractivity contribution in [3.8, 4) is 0 Å². The van der Waals surface area contributed by atoms with Crippen molar-refractivity contribution in [3.63, 3.8) is 0 Å². The monoisotopic (exact) mass is 606 g/mol. The van der Waals surface area contributed by atoms with Gasteiger partial charge in [0.15, 0.2) is 0 Å². The highest BCUT2D eigenvalue weighted by Crippen LogP contribution is 2.18. The third-order valence-electron chi connectivity index (χ3n) is 6.14. The number of hydrogen-bond donors (Lipinski definition) is 5. The normalized spacial score (nSPS) is 10.8. The molecule has 1 heterocycles. The van der Waals surface area contributed by atoms with E-state index in [2.05, 4.69) is 36.2 Å². The minimum atomic E-state index is -0.315. The lowest BCUT2D eigenvalue weighted by Crippen LogP contribution is -2.29. The smallest absolute Gasteiger partial charge is 0.233 e. The van der Waals surface area contributed by atoms with Crippen molar-refractivity contribution in [2.75, 3.05) is 55.5 Å². The highest BCUT2D eigenvalue weighted by molar-refractivity contribution is 5.78. The summed E-state index contributed by atoms with van der Waals surface area (Å²) in [6, 6.07) is 19.6. The summed E-state index contributed by atoms with van der Waals surface area (Å²) in [7, 11) is 0. The van der Waals surface area contributed by atoms with Crippen LogP contribution in [-0.2, 0) is 33.8 Å². The average molecular weight is 607 g/mol. The fourth-order valence-corrected chi connectivity index (χ4v) is 3.91. The second-order valence-electron chi connectivity index (χ2n) is 9.63. The lowest BCUT2D eigenvalue weighted by atomic mass is 10.1. The molecule has 0 aliphatic heterocycles. The number of rotatable bonds is 18. The highest BCUT2D eigenvalue weighted by atomic mass is 19.1. The second kappa shape index (κ2) is 17.4. The first-order valence-corrected chi connectivity index (χ1v) is 14.2. The predicted molar refractivity (Wildman–Crippen MR) is 164 cm³/mol. The molecule has 1 amide bonds. The molecule has 0 bridgehead atoms. The number of anilines is 4. The van der Waals surface area contributed by atoms with Crippen LogP contribution in [0.3, 0.4) is 0 Å². The van der Waals surface area contributed by atoms with Crippen LogP contribution in [0.1, 0.15) is 16.7 Å². The van der Waals surface area contributed by atoms with E-state index in [9.17, 15) is 13.6 Å². The van der Waals surface area contributed by atoms with Gasteiger partial charge in [-0.3, -0.25) is 4.79 Å². The van der Waals surface area contributed by atoms with Crippen LogP contribution >= 0.6 is 0 Å². The molecule has 4 rings (SSSR count). The Bertz CT molecular complexity index is 1370. The Morgan fingerprint density at radius 3 is 1.70 bits per heavy atom. The third-order valence-corrected chi connectivity index (χ3v) is 6.14. The first kappa shape index (κ1) is 32.2. The van der Waals surface area contributed by atoms with E-state index in [1.54, 1.807) is 24.3 Å². The van der Waals surface area contributed by atoms with Gasteiger partial charge >= 0.3 is 0 Å². The molecule has 0 aliphatic rings. The van der Waals surface area contributed by atoms with E-state index in [1.807, 2.05) is 24.3 Å². The Balaban J connectivity index is 1.33. The summed E-state index contributed by atoms with van der Waals surface area (Å²) >= 11 is 0. The maximum atomic E-state index is 13.3. The van der Waals surface area contributed by atoms with Crippen LogP contribution in [0.5, 0.6) is 0 Å². The molecule has 0 spiro atoms. The van der Waals surface area contributed by atoms with Gasteiger partial charge in [0.2, 0.25) is 23.8 Å². The van der Waals surface area contributed by atoms with Crippen LogP contribution in [0, 0.1) is 11.6 Å². The van der Waals surface area contributed by atoms with Crippen LogP contribution in [0.15, 0.2) is 72.8 Å². The van der Waals surface area contributed by atoms with Crippen molar-refractivity contribution in [1.82, 2.24) is 20.3 Å². The number of nitrogens with two attached hydrogens (primary N) is 1. The van der Waals surface area contributed by atoms with Crippen LogP contribution in [0.2, 0.25) is 0 Å². The topological polar surface area (TPSA) is 148 Å². The van der Waals surface area contributed by atoms with Crippen LogP contribution in [0.4, 0.5) is 32.3 Å². The molecule has 0 saturated carbocycles. The van der Waals surface area contributed by atoms with E-state index in [4.69, 9.17) is 15.2 Å². The van der Waals surface area contributed by atoms with E-state index in [0.29, 0.717) is 70.2 Å². The number of amides is 1. The molecular formula is C31H36F2N8O3. The summed E-state index contributed by atoms with van der Waals surface area (Å²) < 4.78 is 37.2. The fourth-order valence-electron chi connectivity index (χ4n) is 3.91. The van der Waals surface area contributed by atoms with Crippen molar-refractivity contribution < 1.29 is 23.0 Å². The Hall–Kier alpha value is -4.72. The van der Waals surface area contributed by atoms with Crippen LogP contribution in [-0.4, -0.2) is 60.4 Å². The second-order valence-corrected chi connectivity index (χ2v) is 9.63. The molecule has 1 aromatic heterocycles. The summed E-state index contributed by atoms with van der Waals surface area (Å²) in [6.07, 6.45) is 0.223.